The monoisotopic (exact) mass is 475 g/mol. The van der Waals surface area contributed by atoms with Crippen LogP contribution < -0.4 is 15.4 Å². The molecule has 144 valence electrons. The molecule has 1 aromatic carbocycles. The first-order valence-electron chi connectivity index (χ1n) is 8.33. The van der Waals surface area contributed by atoms with Crippen LogP contribution in [0, 0.1) is 19.7 Å². The molecule has 0 aliphatic carbocycles. The summed E-state index contributed by atoms with van der Waals surface area (Å²) in [5.41, 5.74) is 3.36. The number of guanidine groups is 1. The first-order valence-corrected chi connectivity index (χ1v) is 8.33. The zero-order chi connectivity index (χ0) is 18.2. The second kappa shape index (κ2) is 11.0. The summed E-state index contributed by atoms with van der Waals surface area (Å²) in [6, 6.07) is 6.03. The molecule has 1 aromatic heterocycles. The van der Waals surface area contributed by atoms with Crippen LogP contribution in [0.2, 0.25) is 0 Å². The predicted octanol–water partition coefficient (Wildman–Crippen LogP) is 2.93. The average Bonchev–Trinajstić information content (AvgIpc) is 2.84. The standard InChI is InChI=1S/C18H26FN5O.HI/c1-13-17(14(2)24(4)23-13)12-22-18(20-3)21-10-5-11-25-16-8-6-15(19)7-9-16;/h6-9H,5,10-12H2,1-4H3,(H2,20,21,22);1H. The molecule has 0 atom stereocenters. The molecule has 0 bridgehead atoms. The Morgan fingerprint density at radius 3 is 2.50 bits per heavy atom. The Hall–Kier alpha value is -1.84. The van der Waals surface area contributed by atoms with E-state index in [1.807, 2.05) is 18.7 Å². The van der Waals surface area contributed by atoms with Gasteiger partial charge >= 0.3 is 0 Å². The molecule has 2 aromatic rings. The maximum atomic E-state index is 12.8. The van der Waals surface area contributed by atoms with E-state index in [0.717, 1.165) is 30.3 Å². The molecule has 6 nitrogen and oxygen atoms in total. The normalized spacial score (nSPS) is 11.0. The van der Waals surface area contributed by atoms with E-state index in [1.165, 1.54) is 17.7 Å². The lowest BCUT2D eigenvalue weighted by Crippen LogP contribution is -2.37. The van der Waals surface area contributed by atoms with Crippen LogP contribution in [0.25, 0.3) is 0 Å². The summed E-state index contributed by atoms with van der Waals surface area (Å²) in [5.74, 6) is 1.15. The highest BCUT2D eigenvalue weighted by molar-refractivity contribution is 14.0. The number of halogens is 2. The van der Waals surface area contributed by atoms with Gasteiger partial charge < -0.3 is 15.4 Å². The van der Waals surface area contributed by atoms with Crippen molar-refractivity contribution in [2.45, 2.75) is 26.8 Å². The van der Waals surface area contributed by atoms with Gasteiger partial charge in [0.25, 0.3) is 0 Å². The second-order valence-electron chi connectivity index (χ2n) is 5.78. The van der Waals surface area contributed by atoms with Gasteiger partial charge in [0.1, 0.15) is 11.6 Å². The average molecular weight is 475 g/mol. The van der Waals surface area contributed by atoms with Gasteiger partial charge in [-0.05, 0) is 44.5 Å². The molecule has 1 heterocycles. The molecule has 8 heteroatoms. The molecular formula is C18H27FIN5O. The van der Waals surface area contributed by atoms with E-state index in [4.69, 9.17) is 4.74 Å². The van der Waals surface area contributed by atoms with Crippen molar-refractivity contribution < 1.29 is 9.13 Å². The summed E-state index contributed by atoms with van der Waals surface area (Å²) in [7, 11) is 3.69. The molecule has 0 saturated heterocycles. The van der Waals surface area contributed by atoms with Gasteiger partial charge in [0.05, 0.1) is 12.3 Å². The Balaban J connectivity index is 0.00000338. The van der Waals surface area contributed by atoms with Crippen LogP contribution >= 0.6 is 24.0 Å². The minimum Gasteiger partial charge on any atom is -0.494 e. The summed E-state index contributed by atoms with van der Waals surface area (Å²) in [6.07, 6.45) is 0.809. The second-order valence-corrected chi connectivity index (χ2v) is 5.78. The SMILES string of the molecule is CN=C(NCCCOc1ccc(F)cc1)NCc1c(C)nn(C)c1C.I. The van der Waals surface area contributed by atoms with E-state index in [1.54, 1.807) is 19.2 Å². The summed E-state index contributed by atoms with van der Waals surface area (Å²) in [4.78, 5) is 4.22. The lowest BCUT2D eigenvalue weighted by Gasteiger charge is -2.12. The number of nitrogens with one attached hydrogen (secondary N) is 2. The molecule has 2 rings (SSSR count). The lowest BCUT2D eigenvalue weighted by molar-refractivity contribution is 0.310. The number of aryl methyl sites for hydroxylation is 2. The van der Waals surface area contributed by atoms with Gasteiger partial charge in [0.15, 0.2) is 5.96 Å². The van der Waals surface area contributed by atoms with Gasteiger partial charge in [0.2, 0.25) is 0 Å². The summed E-state index contributed by atoms with van der Waals surface area (Å²) in [6.45, 7) is 6.02. The van der Waals surface area contributed by atoms with Gasteiger partial charge in [-0.2, -0.15) is 5.10 Å². The van der Waals surface area contributed by atoms with Crippen LogP contribution in [0.1, 0.15) is 23.4 Å². The number of nitrogens with zero attached hydrogens (tertiary/aromatic N) is 3. The Bertz CT molecular complexity index is 715. The quantitative estimate of drug-likeness (QED) is 0.280. The van der Waals surface area contributed by atoms with E-state index < -0.39 is 0 Å². The molecule has 0 unspecified atom stereocenters. The molecule has 0 spiro atoms. The zero-order valence-electron chi connectivity index (χ0n) is 15.7. The number of aliphatic imine (C=N–C) groups is 1. The first kappa shape index (κ1) is 22.2. The third kappa shape index (κ3) is 6.47. The Labute approximate surface area is 171 Å². The van der Waals surface area contributed by atoms with Crippen LogP contribution in [-0.4, -0.2) is 35.9 Å². The fourth-order valence-corrected chi connectivity index (χ4v) is 2.47. The zero-order valence-corrected chi connectivity index (χ0v) is 18.0. The Morgan fingerprint density at radius 1 is 1.23 bits per heavy atom. The fourth-order valence-electron chi connectivity index (χ4n) is 2.47. The Kier molecular flexibility index (Phi) is 9.39. The van der Waals surface area contributed by atoms with Gasteiger partial charge in [-0.3, -0.25) is 9.67 Å². The van der Waals surface area contributed by atoms with Gasteiger partial charge in [-0.25, -0.2) is 4.39 Å². The fraction of sp³-hybridized carbons (Fsp3) is 0.444. The van der Waals surface area contributed by atoms with Crippen LogP contribution in [-0.2, 0) is 13.6 Å². The summed E-state index contributed by atoms with van der Waals surface area (Å²) in [5, 5.41) is 11.0. The van der Waals surface area contributed by atoms with E-state index in [0.29, 0.717) is 18.9 Å². The van der Waals surface area contributed by atoms with E-state index in [-0.39, 0.29) is 29.8 Å². The Morgan fingerprint density at radius 2 is 1.92 bits per heavy atom. The van der Waals surface area contributed by atoms with Crippen LogP contribution in [0.15, 0.2) is 29.3 Å². The lowest BCUT2D eigenvalue weighted by atomic mass is 10.2. The third-order valence-corrected chi connectivity index (χ3v) is 4.01. The minimum absolute atomic E-state index is 0. The maximum absolute atomic E-state index is 12.8. The van der Waals surface area contributed by atoms with Crippen molar-refractivity contribution in [3.05, 3.63) is 47.0 Å². The predicted molar refractivity (Wildman–Crippen MR) is 113 cm³/mol. The molecule has 0 radical (unpaired) electrons. The molecule has 0 saturated carbocycles. The topological polar surface area (TPSA) is 63.5 Å². The van der Waals surface area contributed by atoms with Crippen molar-refractivity contribution >= 4 is 29.9 Å². The number of benzene rings is 1. The number of hydrogen-bond acceptors (Lipinski definition) is 3. The van der Waals surface area contributed by atoms with Crippen LogP contribution in [0.4, 0.5) is 4.39 Å². The maximum Gasteiger partial charge on any atom is 0.191 e. The number of aromatic nitrogens is 2. The molecule has 0 aliphatic heterocycles. The minimum atomic E-state index is -0.261. The van der Waals surface area contributed by atoms with Gasteiger partial charge in [-0.1, -0.05) is 0 Å². The largest absolute Gasteiger partial charge is 0.494 e. The van der Waals surface area contributed by atoms with Crippen molar-refractivity contribution in [1.82, 2.24) is 20.4 Å². The molecule has 0 aliphatic rings. The van der Waals surface area contributed by atoms with Crippen LogP contribution in [0.5, 0.6) is 5.75 Å². The van der Waals surface area contributed by atoms with E-state index >= 15 is 0 Å². The smallest absolute Gasteiger partial charge is 0.191 e. The van der Waals surface area contributed by atoms with Crippen molar-refractivity contribution in [2.24, 2.45) is 12.0 Å². The number of rotatable bonds is 7. The highest BCUT2D eigenvalue weighted by Gasteiger charge is 2.09. The van der Waals surface area contributed by atoms with Crippen molar-refractivity contribution in [1.29, 1.82) is 0 Å². The molecule has 2 N–H and O–H groups in total. The number of ether oxygens (including phenoxy) is 1. The third-order valence-electron chi connectivity index (χ3n) is 4.01. The van der Waals surface area contributed by atoms with E-state index in [9.17, 15) is 4.39 Å². The highest BCUT2D eigenvalue weighted by atomic mass is 127. The highest BCUT2D eigenvalue weighted by Crippen LogP contribution is 2.11. The number of hydrogen-bond donors (Lipinski definition) is 2. The van der Waals surface area contributed by atoms with Gasteiger partial charge in [0, 0.05) is 38.4 Å². The van der Waals surface area contributed by atoms with Gasteiger partial charge in [-0.15, -0.1) is 24.0 Å². The summed E-state index contributed by atoms with van der Waals surface area (Å²) >= 11 is 0. The first-order chi connectivity index (χ1) is 12.0. The summed E-state index contributed by atoms with van der Waals surface area (Å²) < 4.78 is 20.3. The molecule has 0 amide bonds. The molecular weight excluding hydrogens is 448 g/mol. The molecule has 0 fully saturated rings. The van der Waals surface area contributed by atoms with Crippen molar-refractivity contribution in [3.63, 3.8) is 0 Å². The van der Waals surface area contributed by atoms with Crippen molar-refractivity contribution in [2.75, 3.05) is 20.2 Å². The van der Waals surface area contributed by atoms with Crippen LogP contribution in [0.3, 0.4) is 0 Å². The van der Waals surface area contributed by atoms with Crippen molar-refractivity contribution in [3.8, 4) is 5.75 Å². The molecule has 26 heavy (non-hydrogen) atoms. The van der Waals surface area contributed by atoms with E-state index in [2.05, 4.69) is 27.6 Å².